The van der Waals surface area contributed by atoms with Crippen molar-refractivity contribution in [2.24, 2.45) is 0 Å². The number of methoxy groups -OCH3 is 1. The van der Waals surface area contributed by atoms with E-state index in [1.165, 1.54) is 6.07 Å². The van der Waals surface area contributed by atoms with Gasteiger partial charge in [0, 0.05) is 5.69 Å². The van der Waals surface area contributed by atoms with E-state index in [9.17, 15) is 13.2 Å². The summed E-state index contributed by atoms with van der Waals surface area (Å²) in [4.78, 5) is 12.9. The lowest BCUT2D eigenvalue weighted by molar-refractivity contribution is 0.102. The summed E-state index contributed by atoms with van der Waals surface area (Å²) >= 11 is 0. The number of carbonyl (C=O) groups excluding carboxylic acids is 1. The van der Waals surface area contributed by atoms with Gasteiger partial charge in [-0.05, 0) is 79.9 Å². The number of ether oxygens (including phenoxy) is 2. The van der Waals surface area contributed by atoms with Gasteiger partial charge in [-0.3, -0.25) is 9.52 Å². The Morgan fingerprint density at radius 3 is 2.29 bits per heavy atom. The third-order valence-corrected chi connectivity index (χ3v) is 6.39. The van der Waals surface area contributed by atoms with Crippen molar-refractivity contribution >= 4 is 27.3 Å². The first-order valence-electron chi connectivity index (χ1n) is 9.60. The lowest BCUT2D eigenvalue weighted by Crippen LogP contribution is -2.15. The highest BCUT2D eigenvalue weighted by molar-refractivity contribution is 7.92. The minimum Gasteiger partial charge on any atom is -0.496 e. The number of amides is 1. The van der Waals surface area contributed by atoms with E-state index in [0.29, 0.717) is 34.1 Å². The Bertz CT molecular complexity index is 1290. The lowest BCUT2D eigenvalue weighted by atomic mass is 10.1. The van der Waals surface area contributed by atoms with E-state index in [1.807, 2.05) is 19.1 Å². The second kappa shape index (κ2) is 7.63. The van der Waals surface area contributed by atoms with Gasteiger partial charge in [0.15, 0.2) is 5.75 Å². The highest BCUT2D eigenvalue weighted by Crippen LogP contribution is 2.37. The van der Waals surface area contributed by atoms with Crippen molar-refractivity contribution in [3.8, 4) is 17.2 Å². The molecule has 0 fully saturated rings. The molecule has 1 amide bonds. The number of fused-ring (bicyclic) bond motifs is 2. The lowest BCUT2D eigenvalue weighted by Gasteiger charge is -2.14. The molecule has 8 heteroatoms. The maximum Gasteiger partial charge on any atom is 0.261 e. The normalized spacial score (nSPS) is 12.7. The first-order chi connectivity index (χ1) is 14.7. The van der Waals surface area contributed by atoms with Crippen LogP contribution < -0.4 is 19.5 Å². The summed E-state index contributed by atoms with van der Waals surface area (Å²) in [6, 6.07) is 13.2. The number of nitrogens with one attached hydrogen (secondary N) is 2. The van der Waals surface area contributed by atoms with E-state index < -0.39 is 10.0 Å². The third kappa shape index (κ3) is 3.94. The average Bonchev–Trinajstić information content (AvgIpc) is 2.83. The Morgan fingerprint density at radius 2 is 1.61 bits per heavy atom. The Kier molecular flexibility index (Phi) is 5.10. The van der Waals surface area contributed by atoms with E-state index in [2.05, 4.69) is 10.0 Å². The van der Waals surface area contributed by atoms with Gasteiger partial charge in [0.05, 0.1) is 23.3 Å². The molecule has 4 rings (SSSR count). The molecule has 0 saturated carbocycles. The topological polar surface area (TPSA) is 93.7 Å². The maximum absolute atomic E-state index is 13.0. The van der Waals surface area contributed by atoms with Gasteiger partial charge in [-0.25, -0.2) is 8.42 Å². The van der Waals surface area contributed by atoms with Crippen LogP contribution in [0, 0.1) is 20.8 Å². The minimum absolute atomic E-state index is 0.113. The Hall–Kier alpha value is -3.52. The zero-order valence-electron chi connectivity index (χ0n) is 17.6. The summed E-state index contributed by atoms with van der Waals surface area (Å²) in [7, 11) is -2.33. The van der Waals surface area contributed by atoms with Crippen molar-refractivity contribution in [2.75, 3.05) is 17.1 Å². The van der Waals surface area contributed by atoms with Gasteiger partial charge in [0.25, 0.3) is 15.9 Å². The summed E-state index contributed by atoms with van der Waals surface area (Å²) in [5.74, 6) is 1.14. The predicted octanol–water partition coefficient (Wildman–Crippen LogP) is 4.78. The fourth-order valence-corrected chi connectivity index (χ4v) is 4.82. The van der Waals surface area contributed by atoms with Crippen molar-refractivity contribution < 1.29 is 22.7 Å². The highest BCUT2D eigenvalue weighted by Gasteiger charge is 2.23. The molecule has 0 saturated heterocycles. The first kappa shape index (κ1) is 20.7. The number of rotatable bonds is 4. The van der Waals surface area contributed by atoms with Gasteiger partial charge in [-0.1, -0.05) is 6.07 Å². The summed E-state index contributed by atoms with van der Waals surface area (Å²) in [6.45, 7) is 5.49. The molecule has 0 aromatic heterocycles. The van der Waals surface area contributed by atoms with Crippen LogP contribution in [0.4, 0.5) is 11.4 Å². The molecule has 0 unspecified atom stereocenters. The summed E-state index contributed by atoms with van der Waals surface area (Å²) in [6.07, 6.45) is 0. The number of hydrogen-bond donors (Lipinski definition) is 2. The molecule has 0 atom stereocenters. The van der Waals surface area contributed by atoms with Crippen LogP contribution in [0.5, 0.6) is 17.2 Å². The molecule has 160 valence electrons. The van der Waals surface area contributed by atoms with Gasteiger partial charge < -0.3 is 14.8 Å². The molecule has 3 aromatic rings. The standard InChI is InChI=1S/C23H22N2O5S/c1-13-5-7-21-19(9-13)24-23(26)18-12-16(6-8-20(18)30-21)25-31(27,28)17-10-14(2)22(29-4)15(3)11-17/h5-12,25H,1-4H3,(H,24,26). The average molecular weight is 439 g/mol. The van der Waals surface area contributed by atoms with Crippen LogP contribution in [0.1, 0.15) is 27.0 Å². The highest BCUT2D eigenvalue weighted by atomic mass is 32.2. The molecular weight excluding hydrogens is 416 g/mol. The maximum atomic E-state index is 13.0. The Morgan fingerprint density at radius 1 is 0.935 bits per heavy atom. The van der Waals surface area contributed by atoms with Crippen molar-refractivity contribution in [1.82, 2.24) is 0 Å². The largest absolute Gasteiger partial charge is 0.496 e. The summed E-state index contributed by atoms with van der Waals surface area (Å²) in [5, 5.41) is 2.81. The number of sulfonamides is 1. The molecule has 0 spiro atoms. The van der Waals surface area contributed by atoms with Crippen LogP contribution in [0.15, 0.2) is 53.4 Å². The van der Waals surface area contributed by atoms with Gasteiger partial charge in [-0.15, -0.1) is 0 Å². The predicted molar refractivity (Wildman–Crippen MR) is 119 cm³/mol. The van der Waals surface area contributed by atoms with Crippen molar-refractivity contribution in [3.05, 3.63) is 70.8 Å². The van der Waals surface area contributed by atoms with Crippen molar-refractivity contribution in [2.45, 2.75) is 25.7 Å². The zero-order chi connectivity index (χ0) is 22.3. The number of benzene rings is 3. The molecule has 31 heavy (non-hydrogen) atoms. The van der Waals surface area contributed by atoms with Crippen LogP contribution in [-0.4, -0.2) is 21.4 Å². The zero-order valence-corrected chi connectivity index (χ0v) is 18.4. The van der Waals surface area contributed by atoms with E-state index in [-0.39, 0.29) is 22.1 Å². The first-order valence-corrected chi connectivity index (χ1v) is 11.1. The molecule has 0 aliphatic carbocycles. The summed E-state index contributed by atoms with van der Waals surface area (Å²) in [5.41, 5.74) is 3.46. The van der Waals surface area contributed by atoms with Crippen LogP contribution >= 0.6 is 0 Å². The smallest absolute Gasteiger partial charge is 0.261 e. The molecule has 1 aliphatic rings. The molecule has 1 heterocycles. The minimum atomic E-state index is -3.87. The molecular formula is C23H22N2O5S. The van der Waals surface area contributed by atoms with Gasteiger partial charge in [0.1, 0.15) is 11.5 Å². The van der Waals surface area contributed by atoms with E-state index in [1.54, 1.807) is 51.3 Å². The van der Waals surface area contributed by atoms with Crippen LogP contribution in [0.2, 0.25) is 0 Å². The van der Waals surface area contributed by atoms with E-state index in [4.69, 9.17) is 9.47 Å². The van der Waals surface area contributed by atoms with Crippen molar-refractivity contribution in [1.29, 1.82) is 0 Å². The molecule has 1 aliphatic heterocycles. The summed E-state index contributed by atoms with van der Waals surface area (Å²) < 4.78 is 39.6. The molecule has 0 radical (unpaired) electrons. The van der Waals surface area contributed by atoms with E-state index >= 15 is 0 Å². The monoisotopic (exact) mass is 438 g/mol. The molecule has 2 N–H and O–H groups in total. The SMILES string of the molecule is COc1c(C)cc(S(=O)(=O)Nc2ccc3c(c2)C(=O)Nc2cc(C)ccc2O3)cc1C. The second-order valence-corrected chi connectivity index (χ2v) is 9.14. The fraction of sp³-hybridized carbons (Fsp3) is 0.174. The number of carbonyl (C=O) groups is 1. The number of anilines is 2. The van der Waals surface area contributed by atoms with Crippen LogP contribution in [0.25, 0.3) is 0 Å². The van der Waals surface area contributed by atoms with Crippen LogP contribution in [0.3, 0.4) is 0 Å². The molecule has 7 nitrogen and oxygen atoms in total. The fourth-order valence-electron chi connectivity index (χ4n) is 3.60. The van der Waals surface area contributed by atoms with Gasteiger partial charge in [0.2, 0.25) is 0 Å². The van der Waals surface area contributed by atoms with Crippen molar-refractivity contribution in [3.63, 3.8) is 0 Å². The number of hydrogen-bond acceptors (Lipinski definition) is 5. The number of aryl methyl sites for hydroxylation is 3. The third-order valence-electron chi connectivity index (χ3n) is 5.03. The second-order valence-electron chi connectivity index (χ2n) is 7.46. The molecule has 0 bridgehead atoms. The van der Waals surface area contributed by atoms with Gasteiger partial charge in [-0.2, -0.15) is 0 Å². The van der Waals surface area contributed by atoms with Crippen LogP contribution in [-0.2, 0) is 10.0 Å². The van der Waals surface area contributed by atoms with Gasteiger partial charge >= 0.3 is 0 Å². The Balaban J connectivity index is 1.67. The quantitative estimate of drug-likeness (QED) is 0.611. The molecule has 3 aromatic carbocycles. The Labute approximate surface area is 181 Å². The van der Waals surface area contributed by atoms with E-state index in [0.717, 1.165) is 5.56 Å².